The van der Waals surface area contributed by atoms with Crippen LogP contribution in [0.3, 0.4) is 0 Å². The highest BCUT2D eigenvalue weighted by Gasteiger charge is 1.99. The molecule has 0 spiro atoms. The van der Waals surface area contributed by atoms with Crippen LogP contribution in [0, 0.1) is 13.8 Å². The quantitative estimate of drug-likeness (QED) is 0.824. The first-order valence-electron chi connectivity index (χ1n) is 4.91. The maximum absolute atomic E-state index is 9.12. The molecule has 0 saturated carbocycles. The molecule has 1 N–H and O–H groups in total. The topological polar surface area (TPSA) is 20.2 Å². The predicted molar refractivity (Wildman–Crippen MR) is 63.8 cm³/mol. The van der Waals surface area contributed by atoms with Gasteiger partial charge < -0.3 is 5.11 Å². The van der Waals surface area contributed by atoms with Crippen LogP contribution in [0.1, 0.15) is 23.6 Å². The first-order valence-corrected chi connectivity index (χ1v) is 6.06. The second-order valence-electron chi connectivity index (χ2n) is 3.86. The van der Waals surface area contributed by atoms with Crippen molar-refractivity contribution in [1.82, 2.24) is 0 Å². The van der Waals surface area contributed by atoms with Crippen LogP contribution in [0.4, 0.5) is 0 Å². The zero-order valence-corrected chi connectivity index (χ0v) is 9.90. The van der Waals surface area contributed by atoms with Gasteiger partial charge in [0.05, 0.1) is 6.10 Å². The molecule has 0 amide bonds. The van der Waals surface area contributed by atoms with Gasteiger partial charge in [-0.1, -0.05) is 29.3 Å². The van der Waals surface area contributed by atoms with Crippen molar-refractivity contribution in [3.63, 3.8) is 0 Å². The average molecular weight is 210 g/mol. The molecule has 0 aliphatic rings. The number of hydrogen-bond acceptors (Lipinski definition) is 2. The van der Waals surface area contributed by atoms with Crippen LogP contribution in [0.2, 0.25) is 0 Å². The van der Waals surface area contributed by atoms with E-state index in [2.05, 4.69) is 32.0 Å². The molecule has 1 aromatic carbocycles. The van der Waals surface area contributed by atoms with Crippen molar-refractivity contribution in [2.45, 2.75) is 32.6 Å². The largest absolute Gasteiger partial charge is 0.393 e. The van der Waals surface area contributed by atoms with Crippen molar-refractivity contribution >= 4 is 11.8 Å². The Morgan fingerprint density at radius 2 is 1.79 bits per heavy atom. The van der Waals surface area contributed by atoms with Crippen LogP contribution in [-0.2, 0) is 5.75 Å². The van der Waals surface area contributed by atoms with Crippen LogP contribution in [0.5, 0.6) is 0 Å². The normalized spacial score (nSPS) is 12.9. The van der Waals surface area contributed by atoms with E-state index in [0.29, 0.717) is 0 Å². The van der Waals surface area contributed by atoms with Crippen molar-refractivity contribution < 1.29 is 5.11 Å². The van der Waals surface area contributed by atoms with Gasteiger partial charge in [0.25, 0.3) is 0 Å². The molecule has 0 bridgehead atoms. The maximum atomic E-state index is 9.12. The molecule has 1 atom stereocenters. The Bertz CT molecular complexity index is 274. The summed E-state index contributed by atoms with van der Waals surface area (Å²) in [5.74, 6) is 1.81. The third-order valence-electron chi connectivity index (χ3n) is 1.91. The van der Waals surface area contributed by atoms with Gasteiger partial charge in [-0.3, -0.25) is 0 Å². The van der Waals surface area contributed by atoms with Crippen molar-refractivity contribution in [2.24, 2.45) is 0 Å². The highest BCUT2D eigenvalue weighted by molar-refractivity contribution is 7.98. The van der Waals surface area contributed by atoms with E-state index < -0.39 is 0 Å². The zero-order chi connectivity index (χ0) is 10.6. The van der Waals surface area contributed by atoms with Crippen LogP contribution in [0.15, 0.2) is 18.2 Å². The molecule has 0 aliphatic heterocycles. The second-order valence-corrected chi connectivity index (χ2v) is 4.89. The molecule has 0 aliphatic carbocycles. The molecule has 1 aromatic rings. The highest BCUT2D eigenvalue weighted by Crippen LogP contribution is 2.16. The Kier molecular flexibility index (Phi) is 4.49. The molecule has 78 valence electrons. The Labute approximate surface area is 90.5 Å². The Hall–Kier alpha value is -0.470. The molecule has 14 heavy (non-hydrogen) atoms. The summed E-state index contributed by atoms with van der Waals surface area (Å²) < 4.78 is 0. The SMILES string of the molecule is Cc1cc(C)cc(CSC[C@@H](C)O)c1. The standard InChI is InChI=1S/C12H18OS/c1-9-4-10(2)6-12(5-9)8-14-7-11(3)13/h4-6,11,13H,7-8H2,1-3H3/t11-/m1/s1. The van der Waals surface area contributed by atoms with E-state index in [4.69, 9.17) is 5.11 Å². The van der Waals surface area contributed by atoms with E-state index in [-0.39, 0.29) is 6.10 Å². The fourth-order valence-corrected chi connectivity index (χ4v) is 2.36. The van der Waals surface area contributed by atoms with Gasteiger partial charge in [-0.25, -0.2) is 0 Å². The molecule has 0 unspecified atom stereocenters. The summed E-state index contributed by atoms with van der Waals surface area (Å²) in [6, 6.07) is 6.60. The minimum absolute atomic E-state index is 0.203. The first kappa shape index (κ1) is 11.6. The number of hydrogen-bond donors (Lipinski definition) is 1. The molecule has 1 rings (SSSR count). The average Bonchev–Trinajstić information content (AvgIpc) is 2.01. The van der Waals surface area contributed by atoms with Crippen LogP contribution >= 0.6 is 11.8 Å². The summed E-state index contributed by atoms with van der Waals surface area (Å²) in [5.41, 5.74) is 3.99. The van der Waals surface area contributed by atoms with E-state index in [1.54, 1.807) is 11.8 Å². The van der Waals surface area contributed by atoms with E-state index in [0.717, 1.165) is 11.5 Å². The summed E-state index contributed by atoms with van der Waals surface area (Å²) in [6.07, 6.45) is -0.203. The lowest BCUT2D eigenvalue weighted by Gasteiger charge is -2.06. The van der Waals surface area contributed by atoms with E-state index in [1.807, 2.05) is 6.92 Å². The Morgan fingerprint density at radius 1 is 1.21 bits per heavy atom. The number of benzene rings is 1. The fourth-order valence-electron chi connectivity index (χ4n) is 1.50. The van der Waals surface area contributed by atoms with Crippen LogP contribution < -0.4 is 0 Å². The number of thioether (sulfide) groups is 1. The van der Waals surface area contributed by atoms with Crippen LogP contribution in [0.25, 0.3) is 0 Å². The highest BCUT2D eigenvalue weighted by atomic mass is 32.2. The molecular formula is C12H18OS. The van der Waals surface area contributed by atoms with Gasteiger partial charge in [0, 0.05) is 11.5 Å². The van der Waals surface area contributed by atoms with E-state index >= 15 is 0 Å². The summed E-state index contributed by atoms with van der Waals surface area (Å²) in [4.78, 5) is 0. The van der Waals surface area contributed by atoms with Crippen molar-refractivity contribution in [3.8, 4) is 0 Å². The lowest BCUT2D eigenvalue weighted by molar-refractivity contribution is 0.220. The van der Waals surface area contributed by atoms with Gasteiger partial charge in [0.1, 0.15) is 0 Å². The lowest BCUT2D eigenvalue weighted by atomic mass is 10.1. The molecule has 1 nitrogen and oxygen atoms in total. The zero-order valence-electron chi connectivity index (χ0n) is 9.08. The number of rotatable bonds is 4. The summed E-state index contributed by atoms with van der Waals surface area (Å²) in [7, 11) is 0. The van der Waals surface area contributed by atoms with Crippen molar-refractivity contribution in [2.75, 3.05) is 5.75 Å². The van der Waals surface area contributed by atoms with Gasteiger partial charge in [-0.05, 0) is 26.3 Å². The third kappa shape index (κ3) is 4.16. The van der Waals surface area contributed by atoms with Gasteiger partial charge in [0.2, 0.25) is 0 Å². The van der Waals surface area contributed by atoms with Crippen molar-refractivity contribution in [3.05, 3.63) is 34.9 Å². The minimum atomic E-state index is -0.203. The van der Waals surface area contributed by atoms with Crippen molar-refractivity contribution in [1.29, 1.82) is 0 Å². The maximum Gasteiger partial charge on any atom is 0.0602 e. The lowest BCUT2D eigenvalue weighted by Crippen LogP contribution is -2.02. The summed E-state index contributed by atoms with van der Waals surface area (Å²) in [6.45, 7) is 6.07. The van der Waals surface area contributed by atoms with Gasteiger partial charge in [-0.2, -0.15) is 11.8 Å². The van der Waals surface area contributed by atoms with Gasteiger partial charge in [0.15, 0.2) is 0 Å². The third-order valence-corrected chi connectivity index (χ3v) is 3.16. The monoisotopic (exact) mass is 210 g/mol. The number of aliphatic hydroxyl groups is 1. The smallest absolute Gasteiger partial charge is 0.0602 e. The molecular weight excluding hydrogens is 192 g/mol. The number of aliphatic hydroxyl groups excluding tert-OH is 1. The molecule has 0 heterocycles. The van der Waals surface area contributed by atoms with E-state index in [1.165, 1.54) is 16.7 Å². The van der Waals surface area contributed by atoms with Crippen LogP contribution in [-0.4, -0.2) is 17.0 Å². The van der Waals surface area contributed by atoms with E-state index in [9.17, 15) is 0 Å². The number of aryl methyl sites for hydroxylation is 2. The molecule has 0 saturated heterocycles. The molecule has 0 aromatic heterocycles. The second kappa shape index (κ2) is 5.42. The Morgan fingerprint density at radius 3 is 2.29 bits per heavy atom. The Balaban J connectivity index is 2.50. The van der Waals surface area contributed by atoms with Gasteiger partial charge >= 0.3 is 0 Å². The summed E-state index contributed by atoms with van der Waals surface area (Å²) in [5, 5.41) is 9.12. The fraction of sp³-hybridized carbons (Fsp3) is 0.500. The first-order chi connectivity index (χ1) is 6.58. The molecule has 0 fully saturated rings. The predicted octanol–water partition coefficient (Wildman–Crippen LogP) is 2.92. The summed E-state index contributed by atoms with van der Waals surface area (Å²) >= 11 is 1.78. The minimum Gasteiger partial charge on any atom is -0.393 e. The molecule has 2 heteroatoms. The van der Waals surface area contributed by atoms with Gasteiger partial charge in [-0.15, -0.1) is 0 Å². The molecule has 0 radical (unpaired) electrons.